The van der Waals surface area contributed by atoms with Crippen LogP contribution in [0, 0.1) is 0 Å². The molecule has 1 atom stereocenters. The van der Waals surface area contributed by atoms with Gasteiger partial charge in [0.1, 0.15) is 17.4 Å². The SMILES string of the molecule is C[C@H](O)c1onc(-c2ccc(Cl)cc2)c1C(=O)N(C)CCc1ccccn1. The number of amides is 1. The number of rotatable bonds is 6. The van der Waals surface area contributed by atoms with E-state index in [2.05, 4.69) is 10.1 Å². The van der Waals surface area contributed by atoms with E-state index in [1.54, 1.807) is 42.4 Å². The summed E-state index contributed by atoms with van der Waals surface area (Å²) in [6.07, 6.45) is 1.39. The van der Waals surface area contributed by atoms with Crippen LogP contribution in [0.4, 0.5) is 0 Å². The average Bonchev–Trinajstić information content (AvgIpc) is 3.12. The minimum absolute atomic E-state index is 0.148. The number of aliphatic hydroxyl groups excluding tert-OH is 1. The minimum Gasteiger partial charge on any atom is -0.385 e. The topological polar surface area (TPSA) is 79.5 Å². The van der Waals surface area contributed by atoms with Crippen LogP contribution in [0.25, 0.3) is 11.3 Å². The number of nitrogens with zero attached hydrogens (tertiary/aromatic N) is 3. The second kappa shape index (κ2) is 8.33. The lowest BCUT2D eigenvalue weighted by Crippen LogP contribution is -2.30. The lowest BCUT2D eigenvalue weighted by atomic mass is 10.0. The van der Waals surface area contributed by atoms with Crippen molar-refractivity contribution in [3.05, 3.63) is 70.7 Å². The third-order valence-electron chi connectivity index (χ3n) is 4.21. The third-order valence-corrected chi connectivity index (χ3v) is 4.46. The number of hydrogen-bond acceptors (Lipinski definition) is 5. The molecule has 0 fully saturated rings. The molecule has 1 aromatic carbocycles. The number of aliphatic hydroxyl groups is 1. The highest BCUT2D eigenvalue weighted by molar-refractivity contribution is 6.30. The lowest BCUT2D eigenvalue weighted by molar-refractivity contribution is 0.0784. The molecule has 0 aliphatic rings. The van der Waals surface area contributed by atoms with Gasteiger partial charge >= 0.3 is 0 Å². The third kappa shape index (κ3) is 4.35. The Labute approximate surface area is 162 Å². The van der Waals surface area contributed by atoms with Gasteiger partial charge in [-0.15, -0.1) is 0 Å². The van der Waals surface area contributed by atoms with Gasteiger partial charge in [-0.1, -0.05) is 35.0 Å². The second-order valence-electron chi connectivity index (χ2n) is 6.25. The Morgan fingerprint density at radius 3 is 2.63 bits per heavy atom. The van der Waals surface area contributed by atoms with Crippen LogP contribution >= 0.6 is 11.6 Å². The number of carbonyl (C=O) groups excluding carboxylic acids is 1. The van der Waals surface area contributed by atoms with Gasteiger partial charge in [-0.05, 0) is 31.2 Å². The highest BCUT2D eigenvalue weighted by atomic mass is 35.5. The predicted octanol–water partition coefficient (Wildman–Crippen LogP) is 3.76. The maximum absolute atomic E-state index is 13.1. The van der Waals surface area contributed by atoms with Gasteiger partial charge in [0, 0.05) is 42.5 Å². The standard InChI is InChI=1S/C20H20ClN3O3/c1-13(25)19-17(18(23-27-19)14-6-8-15(21)9-7-14)20(26)24(2)12-10-16-5-3-4-11-22-16/h3-9,11,13,25H,10,12H2,1-2H3/t13-/m0/s1. The lowest BCUT2D eigenvalue weighted by Gasteiger charge is -2.17. The molecule has 27 heavy (non-hydrogen) atoms. The molecule has 0 saturated heterocycles. The van der Waals surface area contributed by atoms with Crippen LogP contribution in [0.15, 0.2) is 53.2 Å². The first kappa shape index (κ1) is 19.1. The number of aromatic nitrogens is 2. The molecule has 1 amide bonds. The predicted molar refractivity (Wildman–Crippen MR) is 102 cm³/mol. The van der Waals surface area contributed by atoms with Crippen molar-refractivity contribution in [2.75, 3.05) is 13.6 Å². The maximum atomic E-state index is 13.1. The molecule has 0 bridgehead atoms. The minimum atomic E-state index is -0.957. The number of benzene rings is 1. The molecule has 3 aromatic rings. The van der Waals surface area contributed by atoms with Gasteiger partial charge in [-0.2, -0.15) is 0 Å². The average molecular weight is 386 g/mol. The summed E-state index contributed by atoms with van der Waals surface area (Å²) >= 11 is 5.94. The zero-order chi connectivity index (χ0) is 19.4. The summed E-state index contributed by atoms with van der Waals surface area (Å²) < 4.78 is 5.28. The zero-order valence-corrected chi connectivity index (χ0v) is 15.8. The largest absolute Gasteiger partial charge is 0.385 e. The fraction of sp³-hybridized carbons (Fsp3) is 0.250. The van der Waals surface area contributed by atoms with Gasteiger partial charge in [0.25, 0.3) is 5.91 Å². The summed E-state index contributed by atoms with van der Waals surface area (Å²) in [6, 6.07) is 12.6. The van der Waals surface area contributed by atoms with Gasteiger partial charge in [-0.25, -0.2) is 0 Å². The summed E-state index contributed by atoms with van der Waals surface area (Å²) in [6.45, 7) is 2.01. The summed E-state index contributed by atoms with van der Waals surface area (Å²) in [4.78, 5) is 18.9. The summed E-state index contributed by atoms with van der Waals surface area (Å²) in [5.74, 6) is -0.123. The van der Waals surface area contributed by atoms with Crippen molar-refractivity contribution >= 4 is 17.5 Å². The van der Waals surface area contributed by atoms with E-state index in [0.717, 1.165) is 5.69 Å². The molecule has 0 aliphatic heterocycles. The van der Waals surface area contributed by atoms with Crippen molar-refractivity contribution in [1.82, 2.24) is 15.0 Å². The van der Waals surface area contributed by atoms with E-state index in [1.807, 2.05) is 18.2 Å². The van der Waals surface area contributed by atoms with Gasteiger partial charge in [0.15, 0.2) is 5.76 Å². The van der Waals surface area contributed by atoms with Crippen LogP contribution in [-0.4, -0.2) is 39.6 Å². The molecular formula is C20H20ClN3O3. The first-order valence-corrected chi connectivity index (χ1v) is 8.94. The molecule has 3 rings (SSSR count). The monoisotopic (exact) mass is 385 g/mol. The van der Waals surface area contributed by atoms with E-state index in [-0.39, 0.29) is 17.2 Å². The van der Waals surface area contributed by atoms with Crippen molar-refractivity contribution in [2.24, 2.45) is 0 Å². The van der Waals surface area contributed by atoms with Gasteiger partial charge in [0.05, 0.1) is 0 Å². The van der Waals surface area contributed by atoms with Crippen molar-refractivity contribution < 1.29 is 14.4 Å². The highest BCUT2D eigenvalue weighted by Crippen LogP contribution is 2.30. The summed E-state index contributed by atoms with van der Waals surface area (Å²) in [7, 11) is 1.70. The smallest absolute Gasteiger partial charge is 0.259 e. The van der Waals surface area contributed by atoms with E-state index < -0.39 is 6.10 Å². The van der Waals surface area contributed by atoms with Crippen molar-refractivity contribution in [2.45, 2.75) is 19.4 Å². The van der Waals surface area contributed by atoms with Crippen molar-refractivity contribution in [3.8, 4) is 11.3 Å². The zero-order valence-electron chi connectivity index (χ0n) is 15.1. The van der Waals surface area contributed by atoms with E-state index >= 15 is 0 Å². The molecule has 2 heterocycles. The summed E-state index contributed by atoms with van der Waals surface area (Å²) in [5.41, 5.74) is 2.24. The Bertz CT molecular complexity index is 908. The van der Waals surface area contributed by atoms with Crippen LogP contribution in [0.1, 0.15) is 34.8 Å². The van der Waals surface area contributed by atoms with Crippen LogP contribution in [0.3, 0.4) is 0 Å². The number of hydrogen-bond donors (Lipinski definition) is 1. The molecule has 7 heteroatoms. The number of halogens is 1. The van der Waals surface area contributed by atoms with E-state index in [0.29, 0.717) is 29.2 Å². The molecule has 0 radical (unpaired) electrons. The Kier molecular flexibility index (Phi) is 5.88. The second-order valence-corrected chi connectivity index (χ2v) is 6.69. The van der Waals surface area contributed by atoms with E-state index in [1.165, 1.54) is 6.92 Å². The fourth-order valence-electron chi connectivity index (χ4n) is 2.72. The highest BCUT2D eigenvalue weighted by Gasteiger charge is 2.28. The molecule has 0 aliphatic carbocycles. The molecular weight excluding hydrogens is 366 g/mol. The Hall–Kier alpha value is -2.70. The van der Waals surface area contributed by atoms with Gasteiger partial charge < -0.3 is 14.5 Å². The first-order chi connectivity index (χ1) is 13.0. The molecule has 140 valence electrons. The Balaban J connectivity index is 1.88. The summed E-state index contributed by atoms with van der Waals surface area (Å²) in [5, 5.41) is 14.6. The van der Waals surface area contributed by atoms with E-state index in [9.17, 15) is 9.90 Å². The molecule has 2 aromatic heterocycles. The fourth-order valence-corrected chi connectivity index (χ4v) is 2.85. The van der Waals surface area contributed by atoms with Gasteiger partial charge in [0.2, 0.25) is 0 Å². The number of likely N-dealkylation sites (N-methyl/N-ethyl adjacent to an activating group) is 1. The molecule has 0 spiro atoms. The van der Waals surface area contributed by atoms with Crippen molar-refractivity contribution in [3.63, 3.8) is 0 Å². The van der Waals surface area contributed by atoms with Crippen LogP contribution < -0.4 is 0 Å². The van der Waals surface area contributed by atoms with Crippen molar-refractivity contribution in [1.29, 1.82) is 0 Å². The van der Waals surface area contributed by atoms with Gasteiger partial charge in [-0.3, -0.25) is 9.78 Å². The number of carbonyl (C=O) groups is 1. The van der Waals surface area contributed by atoms with E-state index in [4.69, 9.17) is 16.1 Å². The van der Waals surface area contributed by atoms with Crippen LogP contribution in [0.5, 0.6) is 0 Å². The first-order valence-electron chi connectivity index (χ1n) is 8.56. The maximum Gasteiger partial charge on any atom is 0.259 e. The molecule has 6 nitrogen and oxygen atoms in total. The van der Waals surface area contributed by atoms with Crippen LogP contribution in [0.2, 0.25) is 5.02 Å². The Morgan fingerprint density at radius 1 is 1.26 bits per heavy atom. The molecule has 0 unspecified atom stereocenters. The normalized spacial score (nSPS) is 12.0. The van der Waals surface area contributed by atoms with Crippen LogP contribution in [-0.2, 0) is 6.42 Å². The molecule has 1 N–H and O–H groups in total. The number of pyridine rings is 1. The Morgan fingerprint density at radius 2 is 2.00 bits per heavy atom. The molecule has 0 saturated carbocycles. The quantitative estimate of drug-likeness (QED) is 0.698.